The Morgan fingerprint density at radius 2 is 1.58 bits per heavy atom. The van der Waals surface area contributed by atoms with E-state index in [1.54, 1.807) is 0 Å². The average molecular weight is 162 g/mol. The van der Waals surface area contributed by atoms with Gasteiger partial charge in [0.05, 0.1) is 11.6 Å². The Hall–Kier alpha value is -1.33. The summed E-state index contributed by atoms with van der Waals surface area (Å²) < 4.78 is 0. The molecule has 0 spiro atoms. The fraction of sp³-hybridized carbons (Fsp3) is 0.300. The third-order valence-electron chi connectivity index (χ3n) is 1.18. The first kappa shape index (κ1) is 10.7. The van der Waals surface area contributed by atoms with Gasteiger partial charge in [-0.15, -0.1) is 0 Å². The van der Waals surface area contributed by atoms with Crippen molar-refractivity contribution in [2.45, 2.75) is 6.92 Å². The Balaban J connectivity index is 0.000000354. The van der Waals surface area contributed by atoms with Gasteiger partial charge in [-0.25, -0.2) is 0 Å². The van der Waals surface area contributed by atoms with E-state index in [1.165, 1.54) is 5.56 Å². The highest BCUT2D eigenvalue weighted by Gasteiger charge is 1.84. The molecule has 0 aliphatic rings. The molecule has 12 heavy (non-hydrogen) atoms. The van der Waals surface area contributed by atoms with Gasteiger partial charge in [0.2, 0.25) is 0 Å². The summed E-state index contributed by atoms with van der Waals surface area (Å²) >= 11 is 0. The second kappa shape index (κ2) is 6.38. The van der Waals surface area contributed by atoms with Crippen LogP contribution in [0.25, 0.3) is 0 Å². The molecule has 0 atom stereocenters. The first-order chi connectivity index (χ1) is 5.74. The van der Waals surface area contributed by atoms with Crippen molar-refractivity contribution in [2.75, 3.05) is 14.1 Å². The lowest BCUT2D eigenvalue weighted by molar-refractivity contribution is 1.02. The predicted molar refractivity (Wildman–Crippen MR) is 50.9 cm³/mol. The summed E-state index contributed by atoms with van der Waals surface area (Å²) in [6.07, 6.45) is 0. The zero-order chi connectivity index (χ0) is 9.40. The molecule has 1 N–H and O–H groups in total. The maximum atomic E-state index is 8.38. The maximum Gasteiger partial charge on any atom is 0.0991 e. The zero-order valence-corrected chi connectivity index (χ0v) is 7.76. The highest BCUT2D eigenvalue weighted by molar-refractivity contribution is 5.30. The molecule has 2 nitrogen and oxygen atoms in total. The predicted octanol–water partition coefficient (Wildman–Crippen LogP) is 1.70. The van der Waals surface area contributed by atoms with Crippen molar-refractivity contribution in [3.8, 4) is 6.07 Å². The van der Waals surface area contributed by atoms with Gasteiger partial charge in [-0.1, -0.05) is 17.7 Å². The van der Waals surface area contributed by atoms with Gasteiger partial charge < -0.3 is 5.32 Å². The molecule has 0 radical (unpaired) electrons. The molecule has 0 saturated carbocycles. The van der Waals surface area contributed by atoms with E-state index < -0.39 is 0 Å². The minimum atomic E-state index is 0.723. The van der Waals surface area contributed by atoms with Crippen LogP contribution >= 0.6 is 0 Å². The van der Waals surface area contributed by atoms with Crippen molar-refractivity contribution in [2.24, 2.45) is 0 Å². The molecule has 0 fully saturated rings. The van der Waals surface area contributed by atoms with Gasteiger partial charge in [0, 0.05) is 0 Å². The standard InChI is InChI=1S/C8H7N.C2H7N/c1-7-2-4-8(6-9)5-3-7;1-3-2/h2-5H,1H3;3H,1-2H3. The number of rotatable bonds is 0. The maximum absolute atomic E-state index is 8.38. The number of hydrogen-bond donors (Lipinski definition) is 1. The second-order valence-corrected chi connectivity index (χ2v) is 2.48. The summed E-state index contributed by atoms with van der Waals surface area (Å²) in [4.78, 5) is 0. The Bertz CT molecular complexity index is 244. The number of nitriles is 1. The van der Waals surface area contributed by atoms with Crippen LogP contribution in [0.4, 0.5) is 0 Å². The summed E-state index contributed by atoms with van der Waals surface area (Å²) in [6.45, 7) is 2.00. The van der Waals surface area contributed by atoms with Crippen molar-refractivity contribution in [3.05, 3.63) is 35.4 Å². The lowest BCUT2D eigenvalue weighted by atomic mass is 10.2. The molecule has 0 aromatic heterocycles. The number of benzene rings is 1. The minimum absolute atomic E-state index is 0.723. The van der Waals surface area contributed by atoms with Gasteiger partial charge in [-0.2, -0.15) is 5.26 Å². The second-order valence-electron chi connectivity index (χ2n) is 2.48. The molecule has 0 unspecified atom stereocenters. The van der Waals surface area contributed by atoms with Gasteiger partial charge in [-0.3, -0.25) is 0 Å². The van der Waals surface area contributed by atoms with Crippen LogP contribution in [0.15, 0.2) is 24.3 Å². The monoisotopic (exact) mass is 162 g/mol. The Morgan fingerprint density at radius 1 is 1.17 bits per heavy atom. The van der Waals surface area contributed by atoms with Crippen molar-refractivity contribution in [3.63, 3.8) is 0 Å². The zero-order valence-electron chi connectivity index (χ0n) is 7.76. The first-order valence-corrected chi connectivity index (χ1v) is 3.79. The topological polar surface area (TPSA) is 35.8 Å². The van der Waals surface area contributed by atoms with Crippen molar-refractivity contribution in [1.29, 1.82) is 5.26 Å². The van der Waals surface area contributed by atoms with Crippen LogP contribution in [0, 0.1) is 18.3 Å². The van der Waals surface area contributed by atoms with Crippen molar-refractivity contribution >= 4 is 0 Å². The molecule has 0 heterocycles. The lowest BCUT2D eigenvalue weighted by Crippen LogP contribution is -1.89. The first-order valence-electron chi connectivity index (χ1n) is 3.79. The molecular formula is C10H14N2. The van der Waals surface area contributed by atoms with Gasteiger partial charge in [0.25, 0.3) is 0 Å². The molecule has 64 valence electrons. The smallest absolute Gasteiger partial charge is 0.0991 e. The van der Waals surface area contributed by atoms with E-state index in [0.29, 0.717) is 0 Å². The van der Waals surface area contributed by atoms with E-state index in [9.17, 15) is 0 Å². The highest BCUT2D eigenvalue weighted by Crippen LogP contribution is 1.99. The Morgan fingerprint density at radius 3 is 1.92 bits per heavy atom. The molecule has 0 amide bonds. The van der Waals surface area contributed by atoms with E-state index in [0.717, 1.165) is 5.56 Å². The van der Waals surface area contributed by atoms with Gasteiger partial charge in [0.1, 0.15) is 0 Å². The molecule has 0 aliphatic carbocycles. The molecule has 1 aromatic rings. The molecule has 0 bridgehead atoms. The summed E-state index contributed by atoms with van der Waals surface area (Å²) in [6, 6.07) is 9.54. The highest BCUT2D eigenvalue weighted by atomic mass is 14.7. The Kier molecular flexibility index (Phi) is 5.68. The third-order valence-corrected chi connectivity index (χ3v) is 1.18. The third kappa shape index (κ3) is 4.48. The quantitative estimate of drug-likeness (QED) is 0.630. The number of hydrogen-bond acceptors (Lipinski definition) is 2. The van der Waals surface area contributed by atoms with E-state index in [-0.39, 0.29) is 0 Å². The molecule has 0 saturated heterocycles. The molecule has 0 aliphatic heterocycles. The largest absolute Gasteiger partial charge is 0.323 e. The van der Waals surface area contributed by atoms with Crippen LogP contribution in [0.1, 0.15) is 11.1 Å². The number of nitrogens with zero attached hydrogens (tertiary/aromatic N) is 1. The van der Waals surface area contributed by atoms with E-state index >= 15 is 0 Å². The fourth-order valence-corrected chi connectivity index (χ4v) is 0.628. The Labute approximate surface area is 73.8 Å². The van der Waals surface area contributed by atoms with Gasteiger partial charge >= 0.3 is 0 Å². The summed E-state index contributed by atoms with van der Waals surface area (Å²) in [7, 11) is 3.75. The van der Waals surface area contributed by atoms with Crippen LogP contribution in [0.2, 0.25) is 0 Å². The van der Waals surface area contributed by atoms with Crippen molar-refractivity contribution < 1.29 is 0 Å². The van der Waals surface area contributed by atoms with E-state index in [1.807, 2.05) is 45.3 Å². The molecular weight excluding hydrogens is 148 g/mol. The van der Waals surface area contributed by atoms with Gasteiger partial charge in [0.15, 0.2) is 0 Å². The normalized spacial score (nSPS) is 7.83. The molecule has 1 rings (SSSR count). The van der Waals surface area contributed by atoms with Crippen LogP contribution in [-0.4, -0.2) is 14.1 Å². The molecule has 2 heteroatoms. The van der Waals surface area contributed by atoms with Crippen LogP contribution in [-0.2, 0) is 0 Å². The SMILES string of the molecule is CNC.Cc1ccc(C#N)cc1. The summed E-state index contributed by atoms with van der Waals surface area (Å²) in [5, 5.41) is 11.1. The minimum Gasteiger partial charge on any atom is -0.323 e. The van der Waals surface area contributed by atoms with Crippen LogP contribution in [0.3, 0.4) is 0 Å². The number of aryl methyl sites for hydroxylation is 1. The van der Waals surface area contributed by atoms with Crippen LogP contribution in [0.5, 0.6) is 0 Å². The summed E-state index contributed by atoms with van der Waals surface area (Å²) in [5.41, 5.74) is 1.91. The van der Waals surface area contributed by atoms with E-state index in [4.69, 9.17) is 5.26 Å². The molecule has 1 aromatic carbocycles. The van der Waals surface area contributed by atoms with Crippen LogP contribution < -0.4 is 5.32 Å². The lowest BCUT2D eigenvalue weighted by Gasteiger charge is -1.88. The van der Waals surface area contributed by atoms with E-state index in [2.05, 4.69) is 11.4 Å². The van der Waals surface area contributed by atoms with Crippen molar-refractivity contribution in [1.82, 2.24) is 5.32 Å². The average Bonchev–Trinajstić information content (AvgIpc) is 2.07. The number of nitrogens with one attached hydrogen (secondary N) is 1. The fourth-order valence-electron chi connectivity index (χ4n) is 0.628. The summed E-state index contributed by atoms with van der Waals surface area (Å²) in [5.74, 6) is 0. The van der Waals surface area contributed by atoms with Gasteiger partial charge in [-0.05, 0) is 33.2 Å².